The lowest BCUT2D eigenvalue weighted by molar-refractivity contribution is -0.660. The number of pyridine rings is 1. The number of nitrogens with zero attached hydrogens (tertiary/aromatic N) is 1. The summed E-state index contributed by atoms with van der Waals surface area (Å²) in [6.07, 6.45) is 1.55. The van der Waals surface area contributed by atoms with Crippen LogP contribution in [0.5, 0.6) is 0 Å². The molecule has 0 radical (unpaired) electrons. The molecule has 4 aromatic carbocycles. The normalized spacial score (nSPS) is 15.9. The van der Waals surface area contributed by atoms with Crippen LogP contribution in [0.15, 0.2) is 95.5 Å². The van der Waals surface area contributed by atoms with E-state index >= 15 is 0 Å². The Morgan fingerprint density at radius 3 is 2.27 bits per heavy atom. The van der Waals surface area contributed by atoms with Crippen LogP contribution in [-0.4, -0.2) is 8.07 Å². The van der Waals surface area contributed by atoms with Gasteiger partial charge < -0.3 is 4.42 Å². The van der Waals surface area contributed by atoms with Gasteiger partial charge in [-0.05, 0) is 54.4 Å². The molecule has 0 aliphatic carbocycles. The average molecular weight is 549 g/mol. The summed E-state index contributed by atoms with van der Waals surface area (Å²) in [4.78, 5) is 0. The van der Waals surface area contributed by atoms with Gasteiger partial charge in [0.15, 0.2) is 6.20 Å². The summed E-state index contributed by atoms with van der Waals surface area (Å²) in [5.41, 5.74) is 6.38. The molecule has 40 heavy (non-hydrogen) atoms. The molecule has 0 atom stereocenters. The molecule has 0 N–H and O–H groups in total. The van der Waals surface area contributed by atoms with Gasteiger partial charge in [0.2, 0.25) is 5.69 Å². The monoisotopic (exact) mass is 548 g/mol. The lowest BCUT2D eigenvalue weighted by Gasteiger charge is -2.18. The molecule has 0 saturated carbocycles. The van der Waals surface area contributed by atoms with Gasteiger partial charge in [0.05, 0.1) is 5.56 Å². The molecule has 3 heteroatoms. The van der Waals surface area contributed by atoms with E-state index in [0.29, 0.717) is 11.3 Å². The van der Waals surface area contributed by atoms with Crippen molar-refractivity contribution in [3.8, 4) is 33.5 Å². The number of fused-ring (bicyclic) bond motifs is 3. The Labute approximate surface area is 250 Å². The Bertz CT molecular complexity index is 2190. The van der Waals surface area contributed by atoms with E-state index in [2.05, 4.69) is 0 Å². The third-order valence-electron chi connectivity index (χ3n) is 7.32. The van der Waals surface area contributed by atoms with Crippen molar-refractivity contribution in [2.24, 2.45) is 7.05 Å². The molecule has 200 valence electrons. The van der Waals surface area contributed by atoms with E-state index in [9.17, 15) is 0 Å². The Kier molecular flexibility index (Phi) is 4.56. The minimum Gasteiger partial charge on any atom is -0.454 e. The summed E-state index contributed by atoms with van der Waals surface area (Å²) in [5.74, 6) is -1.71. The second-order valence-corrected chi connectivity index (χ2v) is 16.3. The maximum absolute atomic E-state index is 8.87. The molecular formula is C37H38NOSi+. The van der Waals surface area contributed by atoms with Crippen LogP contribution >= 0.6 is 0 Å². The Hall–Kier alpha value is -3.95. The van der Waals surface area contributed by atoms with E-state index in [4.69, 9.17) is 15.4 Å². The molecule has 2 nitrogen and oxygen atoms in total. The van der Waals surface area contributed by atoms with Gasteiger partial charge in [0.1, 0.15) is 18.2 Å². The van der Waals surface area contributed by atoms with E-state index in [0.717, 1.165) is 38.6 Å². The largest absolute Gasteiger partial charge is 0.454 e. The predicted molar refractivity (Wildman–Crippen MR) is 172 cm³/mol. The fraction of sp³-hybridized carbons (Fsp3) is 0.216. The Morgan fingerprint density at radius 2 is 1.52 bits per heavy atom. The fourth-order valence-electron chi connectivity index (χ4n) is 5.53. The maximum Gasteiger partial charge on any atom is 0.216 e. The van der Waals surface area contributed by atoms with E-state index in [-0.39, 0.29) is 27.8 Å². The zero-order chi connectivity index (χ0) is 35.0. The maximum atomic E-state index is 8.87. The standard InChI is InChI=1S/C37H38NOSi/c1-24-16-18-32-31-15-11-14-30(28-12-9-8-10-13-28)36(31)39-37(32)35(24)34-21-33(26(3)22-38(34)4)29-19-17-27(20-25(29)2)23-40(5,6)7/h8-22H,23H2,1-7H3/q+1/i2D3,3D3,23D2. The van der Waals surface area contributed by atoms with Gasteiger partial charge in [-0.1, -0.05) is 104 Å². The summed E-state index contributed by atoms with van der Waals surface area (Å²) in [7, 11) is -0.654. The SMILES string of the molecule is [2H]C([2H])([2H])c1cc(C([2H])([2H])[Si](C)(C)C)ccc1-c1cc(-c2c(C)ccc3c2oc2c(-c4ccccc4)cccc23)[n+](C)cc1C([2H])([2H])[2H]. The highest BCUT2D eigenvalue weighted by atomic mass is 28.3. The highest BCUT2D eigenvalue weighted by molar-refractivity contribution is 6.75. The van der Waals surface area contributed by atoms with Crippen molar-refractivity contribution in [1.29, 1.82) is 0 Å². The Morgan fingerprint density at radius 1 is 0.750 bits per heavy atom. The van der Waals surface area contributed by atoms with Gasteiger partial charge in [0.25, 0.3) is 0 Å². The first-order valence-electron chi connectivity index (χ1n) is 17.5. The highest BCUT2D eigenvalue weighted by Gasteiger charge is 2.24. The summed E-state index contributed by atoms with van der Waals surface area (Å²) < 4.78 is 76.9. The molecule has 0 unspecified atom stereocenters. The molecule has 2 aromatic heterocycles. The van der Waals surface area contributed by atoms with Crippen molar-refractivity contribution >= 4 is 30.0 Å². The van der Waals surface area contributed by atoms with Crippen LogP contribution in [0.25, 0.3) is 55.4 Å². The van der Waals surface area contributed by atoms with Crippen molar-refractivity contribution in [1.82, 2.24) is 0 Å². The van der Waals surface area contributed by atoms with Crippen LogP contribution in [0.1, 0.15) is 33.2 Å². The molecule has 0 amide bonds. The molecule has 0 spiro atoms. The second kappa shape index (κ2) is 9.90. The number of rotatable bonds is 5. The molecule has 0 aliphatic rings. The smallest absolute Gasteiger partial charge is 0.216 e. The van der Waals surface area contributed by atoms with Gasteiger partial charge in [-0.3, -0.25) is 0 Å². The van der Waals surface area contributed by atoms with Gasteiger partial charge in [0, 0.05) is 47.0 Å². The number of aromatic nitrogens is 1. The van der Waals surface area contributed by atoms with Crippen molar-refractivity contribution in [2.45, 2.75) is 46.3 Å². The first-order chi connectivity index (χ1) is 22.3. The zero-order valence-corrected chi connectivity index (χ0v) is 24.5. The minimum absolute atomic E-state index is 0.000930. The number of aryl methyl sites for hydroxylation is 4. The van der Waals surface area contributed by atoms with Crippen molar-refractivity contribution in [2.75, 3.05) is 0 Å². The van der Waals surface area contributed by atoms with Crippen LogP contribution in [0.2, 0.25) is 19.6 Å². The van der Waals surface area contributed by atoms with E-state index in [1.165, 1.54) is 6.07 Å². The molecule has 6 aromatic rings. The molecular weight excluding hydrogens is 502 g/mol. The van der Waals surface area contributed by atoms with Gasteiger partial charge in [-0.2, -0.15) is 0 Å². The first-order valence-corrected chi connectivity index (χ1v) is 17.0. The third kappa shape index (κ3) is 4.69. The predicted octanol–water partition coefficient (Wildman–Crippen LogP) is 9.76. The summed E-state index contributed by atoms with van der Waals surface area (Å²) in [6.45, 7) is 2.47. The number of furan rings is 1. The number of benzene rings is 4. The Balaban J connectivity index is 1.66. The van der Waals surface area contributed by atoms with Crippen LogP contribution in [-0.2, 0) is 13.0 Å². The zero-order valence-electron chi connectivity index (χ0n) is 31.5. The topological polar surface area (TPSA) is 17.0 Å². The van der Waals surface area contributed by atoms with Crippen LogP contribution in [0.4, 0.5) is 0 Å². The first kappa shape index (κ1) is 18.4. The molecule has 0 aliphatic heterocycles. The number of hydrogen-bond donors (Lipinski definition) is 0. The summed E-state index contributed by atoms with van der Waals surface area (Å²) in [6, 6.07) is 26.5. The van der Waals surface area contributed by atoms with Crippen molar-refractivity contribution < 1.29 is 20.0 Å². The second-order valence-electron chi connectivity index (χ2n) is 11.5. The van der Waals surface area contributed by atoms with Gasteiger partial charge in [-0.25, -0.2) is 4.57 Å². The molecule has 0 saturated heterocycles. The lowest BCUT2D eigenvalue weighted by atomic mass is 9.93. The molecule has 0 fully saturated rings. The minimum atomic E-state index is -2.63. The average Bonchev–Trinajstić information content (AvgIpc) is 3.38. The van der Waals surface area contributed by atoms with Crippen LogP contribution in [0, 0.1) is 20.6 Å². The molecule has 2 heterocycles. The molecule has 6 rings (SSSR count). The summed E-state index contributed by atoms with van der Waals surface area (Å²) in [5, 5.41) is 1.86. The third-order valence-corrected chi connectivity index (χ3v) is 8.36. The quantitative estimate of drug-likeness (QED) is 0.155. The van der Waals surface area contributed by atoms with Crippen molar-refractivity contribution in [3.63, 3.8) is 0 Å². The fourth-order valence-corrected chi connectivity index (χ4v) is 6.56. The molecule has 0 bridgehead atoms. The van der Waals surface area contributed by atoms with Gasteiger partial charge >= 0.3 is 0 Å². The van der Waals surface area contributed by atoms with Crippen LogP contribution < -0.4 is 4.57 Å². The van der Waals surface area contributed by atoms with E-state index in [1.807, 2.05) is 87.2 Å². The summed E-state index contributed by atoms with van der Waals surface area (Å²) >= 11 is 0. The van der Waals surface area contributed by atoms with E-state index in [1.54, 1.807) is 36.0 Å². The number of hydrogen-bond acceptors (Lipinski definition) is 1. The lowest BCUT2D eigenvalue weighted by Crippen LogP contribution is -2.31. The highest BCUT2D eigenvalue weighted by Crippen LogP contribution is 2.41. The van der Waals surface area contributed by atoms with Crippen LogP contribution in [0.3, 0.4) is 0 Å². The van der Waals surface area contributed by atoms with Gasteiger partial charge in [-0.15, -0.1) is 0 Å². The van der Waals surface area contributed by atoms with Crippen molar-refractivity contribution in [3.05, 3.63) is 113 Å². The number of para-hydroxylation sites is 1. The van der Waals surface area contributed by atoms with E-state index < -0.39 is 27.8 Å².